The van der Waals surface area contributed by atoms with Crippen LogP contribution in [0.15, 0.2) is 42.6 Å². The molecule has 1 saturated heterocycles. The number of nitrogens with zero attached hydrogens (tertiary/aromatic N) is 1. The zero-order chi connectivity index (χ0) is 28.8. The Morgan fingerprint density at radius 3 is 1.66 bits per heavy atom. The van der Waals surface area contributed by atoms with Crippen molar-refractivity contribution in [3.8, 4) is 11.3 Å². The van der Waals surface area contributed by atoms with Gasteiger partial charge in [0.05, 0.1) is 18.9 Å². The van der Waals surface area contributed by atoms with Gasteiger partial charge in [-0.2, -0.15) is 0 Å². The molecule has 0 amide bonds. The normalized spacial score (nSPS) is 17.2. The van der Waals surface area contributed by atoms with Crippen molar-refractivity contribution >= 4 is 0 Å². The molecule has 2 aromatic rings. The Morgan fingerprint density at radius 2 is 1.10 bits per heavy atom. The second-order valence-corrected chi connectivity index (χ2v) is 12.6. The Morgan fingerprint density at radius 1 is 0.561 bits per heavy atom. The summed E-state index contributed by atoms with van der Waals surface area (Å²) in [4.78, 5) is 4.76. The van der Waals surface area contributed by atoms with E-state index in [0.717, 1.165) is 31.7 Å². The van der Waals surface area contributed by atoms with E-state index in [0.29, 0.717) is 5.92 Å². The predicted molar refractivity (Wildman–Crippen MR) is 175 cm³/mol. The van der Waals surface area contributed by atoms with Crippen molar-refractivity contribution in [2.45, 2.75) is 155 Å². The van der Waals surface area contributed by atoms with Crippen molar-refractivity contribution in [2.24, 2.45) is 5.92 Å². The minimum Gasteiger partial charge on any atom is -0.352 e. The van der Waals surface area contributed by atoms with E-state index in [1.165, 1.54) is 139 Å². The lowest BCUT2D eigenvalue weighted by Gasteiger charge is -2.29. The maximum absolute atomic E-state index is 6.07. The maximum atomic E-state index is 6.07. The second-order valence-electron chi connectivity index (χ2n) is 12.6. The Bertz CT molecular complexity index is 870. The molecule has 1 aliphatic rings. The van der Waals surface area contributed by atoms with Crippen LogP contribution in [0.2, 0.25) is 0 Å². The molecule has 1 aliphatic heterocycles. The van der Waals surface area contributed by atoms with Gasteiger partial charge in [-0.05, 0) is 42.9 Å². The van der Waals surface area contributed by atoms with Gasteiger partial charge in [-0.15, -0.1) is 0 Å². The van der Waals surface area contributed by atoms with E-state index in [-0.39, 0.29) is 6.29 Å². The quantitative estimate of drug-likeness (QED) is 0.126. The molecule has 0 spiro atoms. The zero-order valence-electron chi connectivity index (χ0n) is 26.7. The van der Waals surface area contributed by atoms with Gasteiger partial charge in [0.25, 0.3) is 0 Å². The predicted octanol–water partition coefficient (Wildman–Crippen LogP) is 11.3. The van der Waals surface area contributed by atoms with Crippen molar-refractivity contribution in [2.75, 3.05) is 13.2 Å². The Kier molecular flexibility index (Phi) is 18.1. The summed E-state index contributed by atoms with van der Waals surface area (Å²) in [6.07, 6.45) is 29.7. The molecule has 0 aliphatic carbocycles. The van der Waals surface area contributed by atoms with Gasteiger partial charge in [0.2, 0.25) is 0 Å². The molecule has 0 bridgehead atoms. The molecule has 0 N–H and O–H groups in total. The van der Waals surface area contributed by atoms with Crippen molar-refractivity contribution < 1.29 is 9.47 Å². The third-order valence-corrected chi connectivity index (χ3v) is 8.81. The standard InChI is InChI=1S/C38H61NO2/c1-3-5-7-9-11-12-13-15-17-19-21-35-31-40-38(41-32-35)29-25-34-24-28-37(39-30-34)36-26-22-33(23-27-36)20-18-16-14-10-8-6-4-2/h22-24,26-28,30,35,38H,3-21,25,29,31-32H2,1-2H3/t35-,38-. The fourth-order valence-electron chi connectivity index (χ4n) is 5.99. The molecule has 41 heavy (non-hydrogen) atoms. The summed E-state index contributed by atoms with van der Waals surface area (Å²) in [5, 5.41) is 0. The molecule has 3 heteroatoms. The first kappa shape index (κ1) is 33.8. The highest BCUT2D eigenvalue weighted by Crippen LogP contribution is 2.23. The molecular weight excluding hydrogens is 502 g/mol. The highest BCUT2D eigenvalue weighted by atomic mass is 16.7. The van der Waals surface area contributed by atoms with E-state index in [1.54, 1.807) is 0 Å². The number of hydrogen-bond donors (Lipinski definition) is 0. The van der Waals surface area contributed by atoms with Crippen molar-refractivity contribution in [3.63, 3.8) is 0 Å². The Labute approximate surface area is 253 Å². The summed E-state index contributed by atoms with van der Waals surface area (Å²) in [5.74, 6) is 0.572. The van der Waals surface area contributed by atoms with E-state index < -0.39 is 0 Å². The molecule has 1 fully saturated rings. The molecule has 0 unspecified atom stereocenters. The van der Waals surface area contributed by atoms with Gasteiger partial charge in [0, 0.05) is 24.1 Å². The lowest BCUT2D eigenvalue weighted by molar-refractivity contribution is -0.203. The van der Waals surface area contributed by atoms with Gasteiger partial charge in [0.15, 0.2) is 6.29 Å². The average Bonchev–Trinajstić information content (AvgIpc) is 3.02. The summed E-state index contributed by atoms with van der Waals surface area (Å²) < 4.78 is 12.1. The summed E-state index contributed by atoms with van der Waals surface area (Å²) in [5.41, 5.74) is 4.95. The summed E-state index contributed by atoms with van der Waals surface area (Å²) >= 11 is 0. The lowest BCUT2D eigenvalue weighted by atomic mass is 10.0. The molecule has 1 aromatic carbocycles. The van der Waals surface area contributed by atoms with Crippen molar-refractivity contribution in [1.29, 1.82) is 0 Å². The van der Waals surface area contributed by atoms with Gasteiger partial charge >= 0.3 is 0 Å². The van der Waals surface area contributed by atoms with Crippen LogP contribution >= 0.6 is 0 Å². The number of benzene rings is 1. The Hall–Kier alpha value is -1.71. The van der Waals surface area contributed by atoms with Crippen LogP contribution in [0.25, 0.3) is 11.3 Å². The molecule has 0 radical (unpaired) electrons. The van der Waals surface area contributed by atoms with Crippen molar-refractivity contribution in [3.05, 3.63) is 53.7 Å². The van der Waals surface area contributed by atoms with E-state index in [4.69, 9.17) is 14.5 Å². The highest BCUT2D eigenvalue weighted by Gasteiger charge is 2.21. The van der Waals surface area contributed by atoms with Crippen LogP contribution < -0.4 is 0 Å². The van der Waals surface area contributed by atoms with E-state index in [2.05, 4.69) is 50.2 Å². The topological polar surface area (TPSA) is 31.4 Å². The third kappa shape index (κ3) is 14.8. The van der Waals surface area contributed by atoms with Gasteiger partial charge in [-0.25, -0.2) is 0 Å². The number of rotatable bonds is 23. The second kappa shape index (κ2) is 21.9. The SMILES string of the molecule is CCCCCCCCCCCC[C@H]1CO[C@H](CCc2ccc(-c3ccc(CCCCCCCCC)cc3)nc2)OC1. The number of pyridine rings is 1. The molecule has 0 atom stereocenters. The van der Waals surface area contributed by atoms with Gasteiger partial charge in [-0.1, -0.05) is 147 Å². The lowest BCUT2D eigenvalue weighted by Crippen LogP contribution is -2.32. The first-order valence-electron chi connectivity index (χ1n) is 17.6. The van der Waals surface area contributed by atoms with Crippen molar-refractivity contribution in [1.82, 2.24) is 4.98 Å². The van der Waals surface area contributed by atoms with Crippen LogP contribution in [0, 0.1) is 5.92 Å². The van der Waals surface area contributed by atoms with Crippen LogP contribution in [-0.2, 0) is 22.3 Å². The number of ether oxygens (including phenoxy) is 2. The number of aromatic nitrogens is 1. The summed E-state index contributed by atoms with van der Waals surface area (Å²) in [6, 6.07) is 13.4. The van der Waals surface area contributed by atoms with E-state index in [1.807, 2.05) is 6.20 Å². The minimum absolute atomic E-state index is 0.0671. The average molecular weight is 564 g/mol. The fraction of sp³-hybridized carbons (Fsp3) is 0.711. The molecule has 1 aromatic heterocycles. The van der Waals surface area contributed by atoms with E-state index >= 15 is 0 Å². The minimum atomic E-state index is -0.0671. The molecule has 3 rings (SSSR count). The zero-order valence-corrected chi connectivity index (χ0v) is 26.7. The van der Waals surface area contributed by atoms with Crippen LogP contribution in [0.1, 0.15) is 147 Å². The smallest absolute Gasteiger partial charge is 0.157 e. The third-order valence-electron chi connectivity index (χ3n) is 8.81. The Balaban J connectivity index is 1.22. The van der Waals surface area contributed by atoms with Crippen LogP contribution in [0.3, 0.4) is 0 Å². The fourth-order valence-corrected chi connectivity index (χ4v) is 5.99. The molecular formula is C38H61NO2. The highest BCUT2D eigenvalue weighted by molar-refractivity contribution is 5.59. The molecule has 3 nitrogen and oxygen atoms in total. The van der Waals surface area contributed by atoms with Gasteiger partial charge in [-0.3, -0.25) is 4.98 Å². The first-order valence-corrected chi connectivity index (χ1v) is 17.6. The molecule has 230 valence electrons. The largest absolute Gasteiger partial charge is 0.352 e. The van der Waals surface area contributed by atoms with Gasteiger partial charge < -0.3 is 9.47 Å². The number of unbranched alkanes of at least 4 members (excludes halogenated alkanes) is 15. The first-order chi connectivity index (χ1) is 20.3. The van der Waals surface area contributed by atoms with Crippen LogP contribution in [-0.4, -0.2) is 24.5 Å². The van der Waals surface area contributed by atoms with Crippen LogP contribution in [0.5, 0.6) is 0 Å². The van der Waals surface area contributed by atoms with E-state index in [9.17, 15) is 0 Å². The molecule has 0 saturated carbocycles. The maximum Gasteiger partial charge on any atom is 0.157 e. The summed E-state index contributed by atoms with van der Waals surface area (Å²) in [7, 11) is 0. The van der Waals surface area contributed by atoms with Gasteiger partial charge in [0.1, 0.15) is 0 Å². The molecule has 2 heterocycles. The number of aryl methyl sites for hydroxylation is 2. The van der Waals surface area contributed by atoms with Crippen LogP contribution in [0.4, 0.5) is 0 Å². The summed E-state index contributed by atoms with van der Waals surface area (Å²) in [6.45, 7) is 6.28. The number of hydrogen-bond acceptors (Lipinski definition) is 3. The monoisotopic (exact) mass is 563 g/mol.